The molecule has 25 heavy (non-hydrogen) atoms. The standard InChI is InChI=1S/C21H25NO3/c1-16-8-4-6-10-18(16)19(23)12-13-21(24)22(2)15-14-17-9-5-7-11-20(17)25-3/h4-11H,12-15H2,1-3H3. The zero-order valence-corrected chi connectivity index (χ0v) is 15.1. The Balaban J connectivity index is 1.84. The first-order valence-electron chi connectivity index (χ1n) is 8.47. The average molecular weight is 339 g/mol. The number of rotatable bonds is 8. The summed E-state index contributed by atoms with van der Waals surface area (Å²) >= 11 is 0. The highest BCUT2D eigenvalue weighted by molar-refractivity contribution is 5.99. The minimum Gasteiger partial charge on any atom is -0.496 e. The van der Waals surface area contributed by atoms with Crippen LogP contribution in [0.4, 0.5) is 0 Å². The van der Waals surface area contributed by atoms with Crippen LogP contribution >= 0.6 is 0 Å². The second-order valence-corrected chi connectivity index (χ2v) is 6.12. The maximum atomic E-state index is 12.3. The molecule has 0 saturated carbocycles. The number of aryl methyl sites for hydroxylation is 1. The molecule has 0 aromatic heterocycles. The number of Topliss-reactive ketones (excluding diaryl/α,β-unsaturated/α-hetero) is 1. The molecule has 2 rings (SSSR count). The van der Waals surface area contributed by atoms with Gasteiger partial charge in [-0.1, -0.05) is 42.5 Å². The van der Waals surface area contributed by atoms with Crippen molar-refractivity contribution in [3.05, 3.63) is 65.2 Å². The van der Waals surface area contributed by atoms with Crippen molar-refractivity contribution in [1.82, 2.24) is 4.90 Å². The van der Waals surface area contributed by atoms with Crippen LogP contribution < -0.4 is 4.74 Å². The van der Waals surface area contributed by atoms with Gasteiger partial charge in [0.25, 0.3) is 0 Å². The van der Waals surface area contributed by atoms with Crippen LogP contribution in [-0.4, -0.2) is 37.3 Å². The van der Waals surface area contributed by atoms with Crippen molar-refractivity contribution in [2.75, 3.05) is 20.7 Å². The second kappa shape index (κ2) is 9.02. The van der Waals surface area contributed by atoms with Crippen molar-refractivity contribution in [2.24, 2.45) is 0 Å². The van der Waals surface area contributed by atoms with E-state index in [0.29, 0.717) is 12.1 Å². The summed E-state index contributed by atoms with van der Waals surface area (Å²) < 4.78 is 5.33. The zero-order chi connectivity index (χ0) is 18.2. The summed E-state index contributed by atoms with van der Waals surface area (Å²) in [5, 5.41) is 0. The largest absolute Gasteiger partial charge is 0.496 e. The Hall–Kier alpha value is -2.62. The van der Waals surface area contributed by atoms with Crippen LogP contribution in [0.15, 0.2) is 48.5 Å². The molecule has 0 fully saturated rings. The van der Waals surface area contributed by atoms with Crippen LogP contribution in [0.2, 0.25) is 0 Å². The van der Waals surface area contributed by atoms with Crippen molar-refractivity contribution in [3.8, 4) is 5.75 Å². The number of ether oxygens (including phenoxy) is 1. The van der Waals surface area contributed by atoms with E-state index in [4.69, 9.17) is 4.74 Å². The summed E-state index contributed by atoms with van der Waals surface area (Å²) in [6.45, 7) is 2.51. The third-order valence-corrected chi connectivity index (χ3v) is 4.35. The Labute approximate surface area is 149 Å². The van der Waals surface area contributed by atoms with Crippen LogP contribution in [0.25, 0.3) is 0 Å². The maximum Gasteiger partial charge on any atom is 0.222 e. The number of amides is 1. The normalized spacial score (nSPS) is 10.4. The lowest BCUT2D eigenvalue weighted by Gasteiger charge is -2.18. The molecule has 0 atom stereocenters. The number of nitrogens with zero attached hydrogens (tertiary/aromatic N) is 1. The van der Waals surface area contributed by atoms with Gasteiger partial charge in [0.1, 0.15) is 5.75 Å². The second-order valence-electron chi connectivity index (χ2n) is 6.12. The smallest absolute Gasteiger partial charge is 0.222 e. The van der Waals surface area contributed by atoms with E-state index < -0.39 is 0 Å². The minimum atomic E-state index is -0.0168. The first-order valence-corrected chi connectivity index (χ1v) is 8.47. The predicted octanol–water partition coefficient (Wildman–Crippen LogP) is 3.67. The fraction of sp³-hybridized carbons (Fsp3) is 0.333. The first-order chi connectivity index (χ1) is 12.0. The highest BCUT2D eigenvalue weighted by Crippen LogP contribution is 2.18. The van der Waals surface area contributed by atoms with Crippen molar-refractivity contribution < 1.29 is 14.3 Å². The summed E-state index contributed by atoms with van der Waals surface area (Å²) in [6.07, 6.45) is 1.19. The number of para-hydroxylation sites is 1. The minimum absolute atomic E-state index is 0.0168. The van der Waals surface area contributed by atoms with Crippen LogP contribution in [0.1, 0.15) is 34.3 Å². The molecule has 4 nitrogen and oxygen atoms in total. The molecular weight excluding hydrogens is 314 g/mol. The molecule has 4 heteroatoms. The number of carbonyl (C=O) groups is 2. The van der Waals surface area contributed by atoms with Crippen molar-refractivity contribution >= 4 is 11.7 Å². The molecule has 0 aliphatic heterocycles. The van der Waals surface area contributed by atoms with Gasteiger partial charge in [-0.15, -0.1) is 0 Å². The van der Waals surface area contributed by atoms with E-state index in [1.165, 1.54) is 0 Å². The number of benzene rings is 2. The van der Waals surface area contributed by atoms with Crippen molar-refractivity contribution in [3.63, 3.8) is 0 Å². The van der Waals surface area contributed by atoms with Gasteiger partial charge in [0.2, 0.25) is 5.91 Å². The lowest BCUT2D eigenvalue weighted by atomic mass is 10.0. The highest BCUT2D eigenvalue weighted by atomic mass is 16.5. The molecular formula is C21H25NO3. The Bertz CT molecular complexity index is 739. The number of likely N-dealkylation sites (N-methyl/N-ethyl adjacent to an activating group) is 1. The number of carbonyl (C=O) groups excluding carboxylic acids is 2. The Kier molecular flexibility index (Phi) is 6.75. The third-order valence-electron chi connectivity index (χ3n) is 4.35. The van der Waals surface area contributed by atoms with E-state index in [9.17, 15) is 9.59 Å². The zero-order valence-electron chi connectivity index (χ0n) is 15.1. The van der Waals surface area contributed by atoms with E-state index in [2.05, 4.69) is 0 Å². The number of hydrogen-bond acceptors (Lipinski definition) is 3. The molecule has 132 valence electrons. The number of hydrogen-bond donors (Lipinski definition) is 0. The molecule has 0 heterocycles. The Morgan fingerprint density at radius 2 is 1.68 bits per heavy atom. The maximum absolute atomic E-state index is 12.3. The summed E-state index contributed by atoms with van der Waals surface area (Å²) in [7, 11) is 3.42. The van der Waals surface area contributed by atoms with Crippen LogP contribution in [0, 0.1) is 6.92 Å². The van der Waals surface area contributed by atoms with Gasteiger partial charge < -0.3 is 9.64 Å². The molecule has 0 radical (unpaired) electrons. The average Bonchev–Trinajstić information content (AvgIpc) is 2.64. The fourth-order valence-electron chi connectivity index (χ4n) is 2.75. The van der Waals surface area contributed by atoms with Crippen LogP contribution in [-0.2, 0) is 11.2 Å². The number of methoxy groups -OCH3 is 1. The molecule has 1 amide bonds. The van der Waals surface area contributed by atoms with Gasteiger partial charge in [-0.05, 0) is 30.5 Å². The molecule has 0 unspecified atom stereocenters. The van der Waals surface area contributed by atoms with Gasteiger partial charge in [-0.2, -0.15) is 0 Å². The van der Waals surface area contributed by atoms with Crippen LogP contribution in [0.3, 0.4) is 0 Å². The third kappa shape index (κ3) is 5.18. The lowest BCUT2D eigenvalue weighted by Crippen LogP contribution is -2.29. The van der Waals surface area contributed by atoms with Gasteiger partial charge in [0.15, 0.2) is 5.78 Å². The summed E-state index contributed by atoms with van der Waals surface area (Å²) in [5.74, 6) is 0.833. The molecule has 0 aliphatic carbocycles. The van der Waals surface area contributed by atoms with Crippen molar-refractivity contribution in [2.45, 2.75) is 26.2 Å². The topological polar surface area (TPSA) is 46.6 Å². The molecule has 0 bridgehead atoms. The van der Waals surface area contributed by atoms with E-state index in [-0.39, 0.29) is 24.5 Å². The fourth-order valence-corrected chi connectivity index (χ4v) is 2.75. The molecule has 0 saturated heterocycles. The van der Waals surface area contributed by atoms with E-state index in [0.717, 1.165) is 23.3 Å². The van der Waals surface area contributed by atoms with Gasteiger partial charge in [-0.3, -0.25) is 9.59 Å². The monoisotopic (exact) mass is 339 g/mol. The SMILES string of the molecule is COc1ccccc1CCN(C)C(=O)CCC(=O)c1ccccc1C. The Morgan fingerprint density at radius 1 is 1.00 bits per heavy atom. The quantitative estimate of drug-likeness (QED) is 0.690. The predicted molar refractivity (Wildman–Crippen MR) is 99.1 cm³/mol. The van der Waals surface area contributed by atoms with E-state index in [1.54, 1.807) is 19.1 Å². The molecule has 0 aliphatic rings. The highest BCUT2D eigenvalue weighted by Gasteiger charge is 2.14. The van der Waals surface area contributed by atoms with E-state index >= 15 is 0 Å². The number of ketones is 1. The van der Waals surface area contributed by atoms with E-state index in [1.807, 2.05) is 55.5 Å². The molecule has 2 aromatic rings. The lowest BCUT2D eigenvalue weighted by molar-refractivity contribution is -0.129. The van der Waals surface area contributed by atoms with Crippen LogP contribution in [0.5, 0.6) is 5.75 Å². The summed E-state index contributed by atoms with van der Waals surface area (Å²) in [4.78, 5) is 26.2. The van der Waals surface area contributed by atoms with Gasteiger partial charge >= 0.3 is 0 Å². The Morgan fingerprint density at radius 3 is 2.40 bits per heavy atom. The van der Waals surface area contributed by atoms with Gasteiger partial charge in [-0.25, -0.2) is 0 Å². The molecule has 2 aromatic carbocycles. The first kappa shape index (κ1) is 18.7. The van der Waals surface area contributed by atoms with Crippen molar-refractivity contribution in [1.29, 1.82) is 0 Å². The van der Waals surface area contributed by atoms with Gasteiger partial charge in [0, 0.05) is 32.0 Å². The summed E-state index contributed by atoms with van der Waals surface area (Å²) in [6, 6.07) is 15.3. The molecule has 0 N–H and O–H groups in total. The summed E-state index contributed by atoms with van der Waals surface area (Å²) in [5.41, 5.74) is 2.72. The van der Waals surface area contributed by atoms with Gasteiger partial charge in [0.05, 0.1) is 7.11 Å². The molecule has 0 spiro atoms.